The molecule has 0 saturated carbocycles. The van der Waals surface area contributed by atoms with Crippen molar-refractivity contribution in [1.29, 1.82) is 0 Å². The van der Waals surface area contributed by atoms with Crippen molar-refractivity contribution in [1.82, 2.24) is 21.3 Å². The fourth-order valence-electron chi connectivity index (χ4n) is 3.30. The maximum Gasteiger partial charge on any atom is 0.315 e. The van der Waals surface area contributed by atoms with Gasteiger partial charge in [-0.1, -0.05) is 12.8 Å². The average Bonchev–Trinajstić information content (AvgIpc) is 3.10. The van der Waals surface area contributed by atoms with E-state index in [-0.39, 0.29) is 47.2 Å². The van der Waals surface area contributed by atoms with Crippen LogP contribution in [0.3, 0.4) is 0 Å². The zero-order valence-electron chi connectivity index (χ0n) is 15.9. The summed E-state index contributed by atoms with van der Waals surface area (Å²) in [6.45, 7) is 1.02. The summed E-state index contributed by atoms with van der Waals surface area (Å²) in [5, 5.41) is 10.8. The Balaban J connectivity index is 1.41. The molecule has 2 atom stereocenters. The lowest BCUT2D eigenvalue weighted by Crippen LogP contribution is -2.43. The molecule has 162 valence electrons. The monoisotopic (exact) mass is 438 g/mol. The number of amides is 4. The van der Waals surface area contributed by atoms with Crippen molar-refractivity contribution in [2.75, 3.05) is 36.1 Å². The molecule has 0 radical (unpaired) electrons. The van der Waals surface area contributed by atoms with Crippen LogP contribution in [0, 0.1) is 0 Å². The van der Waals surface area contributed by atoms with Gasteiger partial charge in [0.25, 0.3) is 0 Å². The van der Waals surface area contributed by atoms with Crippen LogP contribution in [-0.2, 0) is 19.7 Å². The standard InChI is InChI=1S/C16H30N4O6S2/c21-15(19-13-5-9-27(23,24)11-13)17-7-3-1-2-4-8-18-16(22)20-14-6-10-28(25,26)12-14/h13-14H,1-12H2,(H2,17,19,21)(H2,18,20,22)/t13-,14-/m0/s1. The zero-order chi connectivity index (χ0) is 20.6. The number of hydrogen-bond donors (Lipinski definition) is 4. The van der Waals surface area contributed by atoms with Crippen molar-refractivity contribution in [2.24, 2.45) is 0 Å². The van der Waals surface area contributed by atoms with Crippen LogP contribution in [0.25, 0.3) is 0 Å². The summed E-state index contributed by atoms with van der Waals surface area (Å²) >= 11 is 0. The Morgan fingerprint density at radius 1 is 0.679 bits per heavy atom. The SMILES string of the molecule is O=C(NCCCCCCNC(=O)N[C@H]1CCS(=O)(=O)C1)N[C@H]1CCS(=O)(=O)C1. The first-order valence-corrected chi connectivity index (χ1v) is 13.3. The summed E-state index contributed by atoms with van der Waals surface area (Å²) in [5.74, 6) is 0.280. The Morgan fingerprint density at radius 3 is 1.39 bits per heavy atom. The predicted octanol–water partition coefficient (Wildman–Crippen LogP) is -0.481. The second kappa shape index (κ2) is 10.3. The van der Waals surface area contributed by atoms with Crippen molar-refractivity contribution in [3.63, 3.8) is 0 Å². The van der Waals surface area contributed by atoms with E-state index in [1.54, 1.807) is 0 Å². The molecule has 4 N–H and O–H groups in total. The maximum atomic E-state index is 11.7. The van der Waals surface area contributed by atoms with Gasteiger partial charge < -0.3 is 21.3 Å². The van der Waals surface area contributed by atoms with Crippen molar-refractivity contribution in [3.8, 4) is 0 Å². The van der Waals surface area contributed by atoms with Crippen molar-refractivity contribution >= 4 is 31.7 Å². The quantitative estimate of drug-likeness (QED) is 0.357. The number of unbranched alkanes of at least 4 members (excludes halogenated alkanes) is 3. The third-order valence-corrected chi connectivity index (χ3v) is 8.35. The van der Waals surface area contributed by atoms with E-state index < -0.39 is 19.7 Å². The summed E-state index contributed by atoms with van der Waals surface area (Å²) < 4.78 is 45.3. The number of hydrogen-bond acceptors (Lipinski definition) is 6. The number of rotatable bonds is 9. The summed E-state index contributed by atoms with van der Waals surface area (Å²) in [7, 11) is -6.00. The topological polar surface area (TPSA) is 151 Å². The highest BCUT2D eigenvalue weighted by Gasteiger charge is 2.29. The van der Waals surface area contributed by atoms with E-state index in [0.29, 0.717) is 25.9 Å². The van der Waals surface area contributed by atoms with Gasteiger partial charge >= 0.3 is 12.1 Å². The zero-order valence-corrected chi connectivity index (χ0v) is 17.5. The molecule has 4 amide bonds. The normalized spacial score (nSPS) is 25.1. The predicted molar refractivity (Wildman–Crippen MR) is 106 cm³/mol. The minimum atomic E-state index is -3.00. The fourth-order valence-corrected chi connectivity index (χ4v) is 6.64. The first-order valence-electron chi connectivity index (χ1n) is 9.65. The average molecular weight is 439 g/mol. The molecule has 0 bridgehead atoms. The van der Waals surface area contributed by atoms with Crippen LogP contribution in [0.5, 0.6) is 0 Å². The number of carbonyl (C=O) groups is 2. The molecule has 2 aliphatic heterocycles. The van der Waals surface area contributed by atoms with Crippen molar-refractivity contribution in [3.05, 3.63) is 0 Å². The van der Waals surface area contributed by atoms with E-state index in [0.717, 1.165) is 25.7 Å². The lowest BCUT2D eigenvalue weighted by Gasteiger charge is -2.12. The van der Waals surface area contributed by atoms with Gasteiger partial charge in [0.1, 0.15) is 0 Å². The van der Waals surface area contributed by atoms with Gasteiger partial charge in [-0.15, -0.1) is 0 Å². The van der Waals surface area contributed by atoms with E-state index >= 15 is 0 Å². The molecular weight excluding hydrogens is 408 g/mol. The molecule has 10 nitrogen and oxygen atoms in total. The van der Waals surface area contributed by atoms with Crippen LogP contribution in [0.1, 0.15) is 38.5 Å². The van der Waals surface area contributed by atoms with E-state index in [1.807, 2.05) is 0 Å². The van der Waals surface area contributed by atoms with Crippen molar-refractivity contribution in [2.45, 2.75) is 50.6 Å². The molecule has 12 heteroatoms. The van der Waals surface area contributed by atoms with Gasteiger partial charge in [-0.05, 0) is 25.7 Å². The maximum absolute atomic E-state index is 11.7. The Hall–Kier alpha value is -1.56. The summed E-state index contributed by atoms with van der Waals surface area (Å²) in [5.41, 5.74) is 0. The molecule has 2 heterocycles. The van der Waals surface area contributed by atoms with Crippen LogP contribution in [0.15, 0.2) is 0 Å². The molecule has 2 aliphatic rings. The van der Waals surface area contributed by atoms with Gasteiger partial charge in [0.2, 0.25) is 0 Å². The van der Waals surface area contributed by atoms with E-state index in [4.69, 9.17) is 0 Å². The van der Waals surface area contributed by atoms with E-state index in [1.165, 1.54) is 0 Å². The molecule has 0 aromatic heterocycles. The largest absolute Gasteiger partial charge is 0.338 e. The fraction of sp³-hybridized carbons (Fsp3) is 0.875. The van der Waals surface area contributed by atoms with Gasteiger partial charge in [0, 0.05) is 25.2 Å². The minimum absolute atomic E-state index is 0.0115. The van der Waals surface area contributed by atoms with Gasteiger partial charge in [-0.25, -0.2) is 26.4 Å². The van der Waals surface area contributed by atoms with Crippen molar-refractivity contribution < 1.29 is 26.4 Å². The molecule has 0 spiro atoms. The van der Waals surface area contributed by atoms with Gasteiger partial charge in [0.15, 0.2) is 19.7 Å². The van der Waals surface area contributed by atoms with E-state index in [9.17, 15) is 26.4 Å². The molecule has 0 aromatic rings. The highest BCUT2D eigenvalue weighted by atomic mass is 32.2. The number of sulfone groups is 2. The number of carbonyl (C=O) groups excluding carboxylic acids is 2. The van der Waals surface area contributed by atoms with Crippen LogP contribution in [0.4, 0.5) is 9.59 Å². The lowest BCUT2D eigenvalue weighted by molar-refractivity contribution is 0.236. The summed E-state index contributed by atoms with van der Waals surface area (Å²) in [4.78, 5) is 23.4. The Bertz CT molecular complexity index is 689. The molecule has 0 unspecified atom stereocenters. The van der Waals surface area contributed by atoms with Gasteiger partial charge in [0.05, 0.1) is 23.0 Å². The molecule has 2 fully saturated rings. The van der Waals surface area contributed by atoms with Crippen LogP contribution in [0.2, 0.25) is 0 Å². The molecule has 28 heavy (non-hydrogen) atoms. The first-order chi connectivity index (χ1) is 13.2. The summed E-state index contributed by atoms with van der Waals surface area (Å²) in [6.07, 6.45) is 4.30. The third kappa shape index (κ3) is 8.63. The lowest BCUT2D eigenvalue weighted by atomic mass is 10.2. The third-order valence-electron chi connectivity index (χ3n) is 4.81. The molecular formula is C16H30N4O6S2. The second-order valence-corrected chi connectivity index (χ2v) is 11.9. The minimum Gasteiger partial charge on any atom is -0.338 e. The smallest absolute Gasteiger partial charge is 0.315 e. The highest BCUT2D eigenvalue weighted by Crippen LogP contribution is 2.11. The Labute approximate surface area is 166 Å². The molecule has 2 rings (SSSR count). The Morgan fingerprint density at radius 2 is 1.07 bits per heavy atom. The first kappa shape index (κ1) is 22.7. The number of nitrogens with one attached hydrogen (secondary N) is 4. The molecule has 0 aliphatic carbocycles. The molecule has 0 aromatic carbocycles. The van der Waals surface area contributed by atoms with Gasteiger partial charge in [-0.2, -0.15) is 0 Å². The summed E-state index contributed by atoms with van der Waals surface area (Å²) in [6, 6.07) is -1.28. The van der Waals surface area contributed by atoms with Crippen LogP contribution >= 0.6 is 0 Å². The van der Waals surface area contributed by atoms with Gasteiger partial charge in [-0.3, -0.25) is 0 Å². The molecule has 2 saturated heterocycles. The van der Waals surface area contributed by atoms with Crippen LogP contribution < -0.4 is 21.3 Å². The number of urea groups is 2. The second-order valence-electron chi connectivity index (χ2n) is 7.41. The van der Waals surface area contributed by atoms with E-state index in [2.05, 4.69) is 21.3 Å². The Kier molecular flexibility index (Phi) is 8.35. The van der Waals surface area contributed by atoms with Crippen LogP contribution in [-0.4, -0.2) is 77.1 Å². The highest BCUT2D eigenvalue weighted by molar-refractivity contribution is 7.91.